The van der Waals surface area contributed by atoms with Gasteiger partial charge >= 0.3 is 0 Å². The molecule has 1 heteroatoms. The van der Waals surface area contributed by atoms with Crippen LogP contribution in [0.3, 0.4) is 0 Å². The largest absolute Gasteiger partial charge is 0.489 e. The van der Waals surface area contributed by atoms with E-state index in [9.17, 15) is 0 Å². The zero-order valence-electron chi connectivity index (χ0n) is 18.2. The molecule has 1 aliphatic rings. The van der Waals surface area contributed by atoms with Crippen LogP contribution in [0.15, 0.2) is 53.1 Å². The van der Waals surface area contributed by atoms with Gasteiger partial charge in [-0.3, -0.25) is 0 Å². The summed E-state index contributed by atoms with van der Waals surface area (Å²) >= 11 is 0. The van der Waals surface area contributed by atoms with Crippen LogP contribution in [0.1, 0.15) is 73.4 Å². The number of benzene rings is 1. The monoisotopic (exact) mass is 352 g/mol. The van der Waals surface area contributed by atoms with Gasteiger partial charge in [0.2, 0.25) is 0 Å². The second kappa shape index (κ2) is 7.10. The number of hydrogen-bond donors (Lipinski definition) is 0. The van der Waals surface area contributed by atoms with Gasteiger partial charge in [0.15, 0.2) is 0 Å². The third kappa shape index (κ3) is 3.41. The fraction of sp³-hybridized carbons (Fsp3) is 0.520. The van der Waals surface area contributed by atoms with Crippen LogP contribution < -0.4 is 4.74 Å². The van der Waals surface area contributed by atoms with Crippen LogP contribution in [0, 0.1) is 5.92 Å². The first-order chi connectivity index (χ1) is 11.9. The second-order valence-electron chi connectivity index (χ2n) is 9.24. The lowest BCUT2D eigenvalue weighted by Crippen LogP contribution is -2.25. The van der Waals surface area contributed by atoms with Gasteiger partial charge in [0.1, 0.15) is 12.4 Å². The van der Waals surface area contributed by atoms with Crippen LogP contribution in [-0.4, -0.2) is 6.61 Å². The molecular formula is C25H36O. The first kappa shape index (κ1) is 20.6. The lowest BCUT2D eigenvalue weighted by molar-refractivity contribution is 0.341. The lowest BCUT2D eigenvalue weighted by atomic mass is 9.72. The van der Waals surface area contributed by atoms with Gasteiger partial charge < -0.3 is 4.74 Å². The van der Waals surface area contributed by atoms with Crippen LogP contribution >= 0.6 is 0 Å². The molecule has 1 atom stereocenters. The molecule has 2 rings (SSSR count). The molecule has 0 aromatic heterocycles. The van der Waals surface area contributed by atoms with E-state index in [0.29, 0.717) is 12.5 Å². The molecule has 0 saturated heterocycles. The van der Waals surface area contributed by atoms with Crippen molar-refractivity contribution in [2.75, 3.05) is 6.61 Å². The molecule has 0 radical (unpaired) electrons. The highest BCUT2D eigenvalue weighted by Gasteiger charge is 2.37. The van der Waals surface area contributed by atoms with Crippen LogP contribution in [-0.2, 0) is 10.8 Å². The third-order valence-electron chi connectivity index (χ3n) is 6.13. The molecule has 1 aromatic carbocycles. The Morgan fingerprint density at radius 1 is 1.00 bits per heavy atom. The van der Waals surface area contributed by atoms with Crippen LogP contribution in [0.4, 0.5) is 0 Å². The summed E-state index contributed by atoms with van der Waals surface area (Å²) in [6.45, 7) is 24.9. The van der Waals surface area contributed by atoms with E-state index in [1.165, 1.54) is 33.4 Å². The van der Waals surface area contributed by atoms with E-state index in [0.717, 1.165) is 5.75 Å². The minimum absolute atomic E-state index is 0.0236. The predicted octanol–water partition coefficient (Wildman–Crippen LogP) is 7.13. The smallest absolute Gasteiger partial charge is 0.127 e. The molecule has 0 saturated carbocycles. The Labute approximate surface area is 160 Å². The van der Waals surface area contributed by atoms with Crippen LogP contribution in [0.25, 0.3) is 0 Å². The zero-order chi connectivity index (χ0) is 19.9. The van der Waals surface area contributed by atoms with Crippen molar-refractivity contribution < 1.29 is 4.74 Å². The predicted molar refractivity (Wildman–Crippen MR) is 114 cm³/mol. The van der Waals surface area contributed by atoms with Crippen molar-refractivity contribution in [2.45, 2.75) is 73.1 Å². The highest BCUT2D eigenvalue weighted by Crippen LogP contribution is 2.50. The molecule has 0 bridgehead atoms. The Morgan fingerprint density at radius 3 is 2.04 bits per heavy atom. The van der Waals surface area contributed by atoms with Crippen LogP contribution in [0.5, 0.6) is 5.75 Å². The van der Waals surface area contributed by atoms with Crippen molar-refractivity contribution in [2.24, 2.45) is 5.92 Å². The molecule has 1 aliphatic carbocycles. The van der Waals surface area contributed by atoms with Gasteiger partial charge in [-0.25, -0.2) is 0 Å². The van der Waals surface area contributed by atoms with Crippen molar-refractivity contribution in [1.29, 1.82) is 0 Å². The first-order valence-electron chi connectivity index (χ1n) is 9.71. The Bertz CT molecular complexity index is 766. The number of allylic oxidation sites excluding steroid dienone is 4. The van der Waals surface area contributed by atoms with Gasteiger partial charge in [-0.05, 0) is 48.8 Å². The summed E-state index contributed by atoms with van der Waals surface area (Å²) in [4.78, 5) is 0. The molecule has 1 nitrogen and oxygen atoms in total. The molecule has 0 fully saturated rings. The second-order valence-corrected chi connectivity index (χ2v) is 9.24. The fourth-order valence-corrected chi connectivity index (χ4v) is 4.37. The average molecular weight is 353 g/mol. The maximum atomic E-state index is 6.26. The van der Waals surface area contributed by atoms with Crippen LogP contribution in [0.2, 0.25) is 0 Å². The maximum absolute atomic E-state index is 6.26. The standard InChI is InChI=1S/C25H36O/c1-11-15-26-23-20(24(6,7)8)13-12-14-21(23)25(9,10)22-18(4)16(2)17(3)19(22)5/h11-14,16H,1,15H2,2-10H3. The normalized spacial score (nSPS) is 18.6. The van der Waals surface area contributed by atoms with E-state index >= 15 is 0 Å². The Hall–Kier alpha value is -1.76. The minimum Gasteiger partial charge on any atom is -0.489 e. The molecule has 0 amide bonds. The molecule has 142 valence electrons. The topological polar surface area (TPSA) is 9.23 Å². The van der Waals surface area contributed by atoms with E-state index in [1.54, 1.807) is 0 Å². The van der Waals surface area contributed by atoms with E-state index in [2.05, 4.69) is 87.1 Å². The number of para-hydroxylation sites is 1. The van der Waals surface area contributed by atoms with E-state index in [-0.39, 0.29) is 10.8 Å². The minimum atomic E-state index is -0.113. The molecule has 0 aliphatic heterocycles. The maximum Gasteiger partial charge on any atom is 0.127 e. The molecule has 0 heterocycles. The fourth-order valence-electron chi connectivity index (χ4n) is 4.37. The lowest BCUT2D eigenvalue weighted by Gasteiger charge is -2.34. The molecular weight excluding hydrogens is 316 g/mol. The third-order valence-corrected chi connectivity index (χ3v) is 6.13. The quantitative estimate of drug-likeness (QED) is 0.512. The summed E-state index contributed by atoms with van der Waals surface area (Å²) in [6.07, 6.45) is 1.83. The van der Waals surface area contributed by atoms with E-state index < -0.39 is 0 Å². The number of hydrogen-bond acceptors (Lipinski definition) is 1. The van der Waals surface area contributed by atoms with Crippen molar-refractivity contribution in [3.63, 3.8) is 0 Å². The zero-order valence-corrected chi connectivity index (χ0v) is 18.2. The van der Waals surface area contributed by atoms with Crippen molar-refractivity contribution >= 4 is 0 Å². The van der Waals surface area contributed by atoms with E-state index in [4.69, 9.17) is 4.74 Å². The summed E-state index contributed by atoms with van der Waals surface area (Å²) in [5.41, 5.74) is 8.32. The van der Waals surface area contributed by atoms with E-state index in [1.807, 2.05) is 6.08 Å². The molecule has 0 N–H and O–H groups in total. The summed E-state index contributed by atoms with van der Waals surface area (Å²) in [7, 11) is 0. The Morgan fingerprint density at radius 2 is 1.58 bits per heavy atom. The van der Waals surface area contributed by atoms with Crippen molar-refractivity contribution in [3.8, 4) is 5.75 Å². The van der Waals surface area contributed by atoms with Gasteiger partial charge in [-0.15, -0.1) is 0 Å². The van der Waals surface area contributed by atoms with Gasteiger partial charge in [0.05, 0.1) is 0 Å². The van der Waals surface area contributed by atoms with Gasteiger partial charge in [-0.1, -0.05) is 83.5 Å². The van der Waals surface area contributed by atoms with Crippen molar-refractivity contribution in [1.82, 2.24) is 0 Å². The number of rotatable bonds is 5. The van der Waals surface area contributed by atoms with Gasteiger partial charge in [-0.2, -0.15) is 0 Å². The molecule has 26 heavy (non-hydrogen) atoms. The summed E-state index contributed by atoms with van der Waals surface area (Å²) in [6, 6.07) is 6.61. The van der Waals surface area contributed by atoms with Gasteiger partial charge in [0, 0.05) is 11.0 Å². The Balaban J connectivity index is 2.73. The summed E-state index contributed by atoms with van der Waals surface area (Å²) < 4.78 is 6.26. The molecule has 1 aromatic rings. The SMILES string of the molecule is C=CCOc1c(C(C)(C)C)cccc1C(C)(C)C1=C(C)C(C)C(C)=C1C. The summed E-state index contributed by atoms with van der Waals surface area (Å²) in [5, 5.41) is 0. The highest BCUT2D eigenvalue weighted by molar-refractivity contribution is 5.59. The van der Waals surface area contributed by atoms with Gasteiger partial charge in [0.25, 0.3) is 0 Å². The Kier molecular flexibility index (Phi) is 5.61. The first-order valence-corrected chi connectivity index (χ1v) is 9.71. The molecule has 0 spiro atoms. The highest BCUT2D eigenvalue weighted by atomic mass is 16.5. The number of ether oxygens (including phenoxy) is 1. The van der Waals surface area contributed by atoms with Crippen molar-refractivity contribution in [3.05, 3.63) is 64.3 Å². The summed E-state index contributed by atoms with van der Waals surface area (Å²) in [5.74, 6) is 1.54. The average Bonchev–Trinajstić information content (AvgIpc) is 2.75. The molecule has 1 unspecified atom stereocenters.